The average molecular weight is 209 g/mol. The number of hydrogen-bond acceptors (Lipinski definition) is 5. The van der Waals surface area contributed by atoms with Gasteiger partial charge in [-0.2, -0.15) is 4.98 Å². The average Bonchev–Trinajstić information content (AvgIpc) is 2.67. The lowest BCUT2D eigenvalue weighted by atomic mass is 9.98. The molecule has 1 N–H and O–H groups in total. The summed E-state index contributed by atoms with van der Waals surface area (Å²) in [5.74, 6) is 1.62. The largest absolute Gasteiger partial charge is 0.339 e. The highest BCUT2D eigenvalue weighted by Crippen LogP contribution is 2.23. The maximum Gasteiger partial charge on any atom is 0.229 e. The Hall–Kier alpha value is -1.23. The van der Waals surface area contributed by atoms with Crippen molar-refractivity contribution in [2.24, 2.45) is 0 Å². The number of nitrogens with zero attached hydrogens (tertiary/aromatic N) is 2. The number of ketones is 1. The number of nitrogens with one attached hydrogen (secondary N) is 1. The third-order valence-corrected chi connectivity index (χ3v) is 2.58. The third-order valence-electron chi connectivity index (χ3n) is 2.58. The minimum atomic E-state index is 0.0626. The van der Waals surface area contributed by atoms with Gasteiger partial charge in [0, 0.05) is 5.92 Å². The molecule has 2 heterocycles. The van der Waals surface area contributed by atoms with Crippen LogP contribution in [0.25, 0.3) is 0 Å². The molecular weight excluding hydrogens is 194 g/mol. The summed E-state index contributed by atoms with van der Waals surface area (Å²) in [4.78, 5) is 15.1. The summed E-state index contributed by atoms with van der Waals surface area (Å²) in [7, 11) is 0. The van der Waals surface area contributed by atoms with Crippen LogP contribution in [0.4, 0.5) is 0 Å². The predicted octanol–water partition coefficient (Wildman–Crippen LogP) is 0.668. The number of hydrogen-bond donors (Lipinski definition) is 1. The van der Waals surface area contributed by atoms with Crippen molar-refractivity contribution in [3.63, 3.8) is 0 Å². The van der Waals surface area contributed by atoms with Crippen LogP contribution in [0.5, 0.6) is 0 Å². The van der Waals surface area contributed by atoms with Gasteiger partial charge in [0.25, 0.3) is 0 Å². The minimum Gasteiger partial charge on any atom is -0.339 e. The Kier molecular flexibility index (Phi) is 3.11. The molecule has 0 spiro atoms. The molecule has 82 valence electrons. The molecule has 0 unspecified atom stereocenters. The van der Waals surface area contributed by atoms with E-state index < -0.39 is 0 Å². The van der Waals surface area contributed by atoms with Gasteiger partial charge < -0.3 is 9.84 Å². The maximum atomic E-state index is 10.9. The van der Waals surface area contributed by atoms with Gasteiger partial charge in [-0.15, -0.1) is 0 Å². The van der Waals surface area contributed by atoms with E-state index in [1.807, 2.05) is 0 Å². The van der Waals surface area contributed by atoms with Crippen molar-refractivity contribution in [2.45, 2.75) is 32.1 Å². The first-order valence-electron chi connectivity index (χ1n) is 5.28. The molecule has 5 nitrogen and oxygen atoms in total. The monoisotopic (exact) mass is 209 g/mol. The standard InChI is InChI=1S/C10H15N3O2/c1-7(14)6-9-12-10(15-13-9)8-2-4-11-5-3-8/h8,11H,2-6H2,1H3. The summed E-state index contributed by atoms with van der Waals surface area (Å²) in [5, 5.41) is 7.08. The summed E-state index contributed by atoms with van der Waals surface area (Å²) < 4.78 is 5.16. The Morgan fingerprint density at radius 1 is 1.53 bits per heavy atom. The second kappa shape index (κ2) is 4.53. The van der Waals surface area contributed by atoms with E-state index in [1.54, 1.807) is 0 Å². The van der Waals surface area contributed by atoms with E-state index in [0.717, 1.165) is 25.9 Å². The number of aromatic nitrogens is 2. The third kappa shape index (κ3) is 2.62. The van der Waals surface area contributed by atoms with Crippen molar-refractivity contribution in [1.29, 1.82) is 0 Å². The Morgan fingerprint density at radius 2 is 2.27 bits per heavy atom. The van der Waals surface area contributed by atoms with Crippen LogP contribution in [0.3, 0.4) is 0 Å². The van der Waals surface area contributed by atoms with Crippen LogP contribution in [0.15, 0.2) is 4.52 Å². The highest BCUT2D eigenvalue weighted by molar-refractivity contribution is 5.77. The van der Waals surface area contributed by atoms with Crippen molar-refractivity contribution in [1.82, 2.24) is 15.5 Å². The summed E-state index contributed by atoms with van der Waals surface area (Å²) in [5.41, 5.74) is 0. The van der Waals surface area contributed by atoms with E-state index in [-0.39, 0.29) is 12.2 Å². The molecule has 1 aliphatic heterocycles. The highest BCUT2D eigenvalue weighted by Gasteiger charge is 2.21. The smallest absolute Gasteiger partial charge is 0.229 e. The first-order valence-corrected chi connectivity index (χ1v) is 5.28. The molecule has 0 radical (unpaired) electrons. The Morgan fingerprint density at radius 3 is 2.93 bits per heavy atom. The highest BCUT2D eigenvalue weighted by atomic mass is 16.5. The normalized spacial score (nSPS) is 17.9. The van der Waals surface area contributed by atoms with E-state index >= 15 is 0 Å². The van der Waals surface area contributed by atoms with Crippen LogP contribution in [-0.2, 0) is 11.2 Å². The summed E-state index contributed by atoms with van der Waals surface area (Å²) >= 11 is 0. The molecule has 1 saturated heterocycles. The van der Waals surface area contributed by atoms with Crippen LogP contribution in [0.1, 0.15) is 37.4 Å². The molecule has 0 saturated carbocycles. The van der Waals surface area contributed by atoms with Crippen LogP contribution < -0.4 is 5.32 Å². The first-order chi connectivity index (χ1) is 7.25. The number of rotatable bonds is 3. The van der Waals surface area contributed by atoms with Crippen molar-refractivity contribution < 1.29 is 9.32 Å². The van der Waals surface area contributed by atoms with Gasteiger partial charge in [0.15, 0.2) is 5.82 Å². The Labute approximate surface area is 88.2 Å². The summed E-state index contributed by atoms with van der Waals surface area (Å²) in [6, 6.07) is 0. The lowest BCUT2D eigenvalue weighted by Crippen LogP contribution is -2.26. The van der Waals surface area contributed by atoms with Crippen LogP contribution in [-0.4, -0.2) is 29.0 Å². The number of Topliss-reactive ketones (excluding diaryl/α,β-unsaturated/α-hetero) is 1. The fraction of sp³-hybridized carbons (Fsp3) is 0.700. The number of piperidine rings is 1. The molecular formula is C10H15N3O2. The van der Waals surface area contributed by atoms with Crippen LogP contribution in [0.2, 0.25) is 0 Å². The predicted molar refractivity (Wildman–Crippen MR) is 53.5 cm³/mol. The Balaban J connectivity index is 2.02. The molecule has 1 aromatic rings. The van der Waals surface area contributed by atoms with Crippen LogP contribution >= 0.6 is 0 Å². The molecule has 0 aromatic carbocycles. The molecule has 0 amide bonds. The van der Waals surface area contributed by atoms with Crippen molar-refractivity contribution >= 4 is 5.78 Å². The lowest BCUT2D eigenvalue weighted by molar-refractivity contribution is -0.116. The molecule has 2 rings (SSSR count). The maximum absolute atomic E-state index is 10.9. The van der Waals surface area contributed by atoms with Gasteiger partial charge in [0.05, 0.1) is 6.42 Å². The zero-order valence-corrected chi connectivity index (χ0v) is 8.82. The SMILES string of the molecule is CC(=O)Cc1noc(C2CCNCC2)n1. The molecule has 15 heavy (non-hydrogen) atoms. The van der Waals surface area contributed by atoms with Crippen LogP contribution in [0, 0.1) is 0 Å². The van der Waals surface area contributed by atoms with E-state index in [0.29, 0.717) is 17.6 Å². The quantitative estimate of drug-likeness (QED) is 0.792. The van der Waals surface area contributed by atoms with Gasteiger partial charge in [0.2, 0.25) is 5.89 Å². The van der Waals surface area contributed by atoms with E-state index in [2.05, 4.69) is 15.5 Å². The van der Waals surface area contributed by atoms with Gasteiger partial charge >= 0.3 is 0 Å². The van der Waals surface area contributed by atoms with Gasteiger partial charge in [-0.3, -0.25) is 4.79 Å². The van der Waals surface area contributed by atoms with Gasteiger partial charge in [-0.1, -0.05) is 5.16 Å². The van der Waals surface area contributed by atoms with E-state index in [9.17, 15) is 4.79 Å². The second-order valence-electron chi connectivity index (χ2n) is 3.95. The van der Waals surface area contributed by atoms with Crippen molar-refractivity contribution in [2.75, 3.05) is 13.1 Å². The molecule has 5 heteroatoms. The fourth-order valence-electron chi connectivity index (χ4n) is 1.80. The first kappa shape index (κ1) is 10.3. The molecule has 0 atom stereocenters. The minimum absolute atomic E-state index is 0.0626. The molecule has 1 aliphatic rings. The van der Waals surface area contributed by atoms with Crippen molar-refractivity contribution in [3.05, 3.63) is 11.7 Å². The molecule has 1 aromatic heterocycles. The summed E-state index contributed by atoms with van der Waals surface area (Å²) in [6.45, 7) is 3.52. The Bertz CT molecular complexity index is 342. The van der Waals surface area contributed by atoms with E-state index in [4.69, 9.17) is 4.52 Å². The van der Waals surface area contributed by atoms with E-state index in [1.165, 1.54) is 6.92 Å². The summed E-state index contributed by atoms with van der Waals surface area (Å²) in [6.07, 6.45) is 2.33. The number of carbonyl (C=O) groups is 1. The zero-order valence-electron chi connectivity index (χ0n) is 8.82. The van der Waals surface area contributed by atoms with Gasteiger partial charge in [-0.05, 0) is 32.9 Å². The zero-order chi connectivity index (χ0) is 10.7. The fourth-order valence-corrected chi connectivity index (χ4v) is 1.80. The molecule has 0 aliphatic carbocycles. The lowest BCUT2D eigenvalue weighted by Gasteiger charge is -2.18. The molecule has 1 fully saturated rings. The molecule has 0 bridgehead atoms. The number of carbonyl (C=O) groups excluding carboxylic acids is 1. The second-order valence-corrected chi connectivity index (χ2v) is 3.95. The van der Waals surface area contributed by atoms with Gasteiger partial charge in [0.1, 0.15) is 5.78 Å². The van der Waals surface area contributed by atoms with Crippen molar-refractivity contribution in [3.8, 4) is 0 Å². The topological polar surface area (TPSA) is 68.0 Å². The van der Waals surface area contributed by atoms with Gasteiger partial charge in [-0.25, -0.2) is 0 Å².